The van der Waals surface area contributed by atoms with Crippen LogP contribution in [-0.4, -0.2) is 21.7 Å². The van der Waals surface area contributed by atoms with Gasteiger partial charge in [-0.3, -0.25) is 4.79 Å². The van der Waals surface area contributed by atoms with Gasteiger partial charge < -0.3 is 19.8 Å². The molecule has 0 spiro atoms. The Bertz CT molecular complexity index is 891. The molecule has 0 aliphatic carbocycles. The molecule has 0 bridgehead atoms. The molecule has 0 amide bonds. The Hall–Kier alpha value is -3.09. The Morgan fingerprint density at radius 1 is 1.19 bits per heavy atom. The monoisotopic (exact) mass is 282 g/mol. The molecule has 0 unspecified atom stereocenters. The number of fused-ring (bicyclic) bond motifs is 2. The Kier molecular flexibility index (Phi) is 2.50. The Morgan fingerprint density at radius 2 is 2.10 bits per heavy atom. The molecule has 0 atom stereocenters. The summed E-state index contributed by atoms with van der Waals surface area (Å²) in [5.74, 6) is 1.80. The van der Waals surface area contributed by atoms with Crippen LogP contribution in [0.4, 0.5) is 11.6 Å². The number of H-pyrrole nitrogens is 1. The predicted molar refractivity (Wildman–Crippen MR) is 76.0 cm³/mol. The lowest BCUT2D eigenvalue weighted by molar-refractivity contribution is 0.174. The van der Waals surface area contributed by atoms with Gasteiger partial charge >= 0.3 is 0 Å². The summed E-state index contributed by atoms with van der Waals surface area (Å²) >= 11 is 0. The standard InChI is InChI=1S/C14H10N4O3/c19-13-9-6-16-14(18-10(9)3-4-15-13)17-8-1-2-11-12(5-8)21-7-20-11/h1-6H,7H2,(H,15,19)(H,16,17,18). The molecule has 0 saturated carbocycles. The molecule has 7 heteroatoms. The van der Waals surface area contributed by atoms with Gasteiger partial charge in [0, 0.05) is 24.1 Å². The number of hydrogen-bond donors (Lipinski definition) is 2. The minimum Gasteiger partial charge on any atom is -0.454 e. The molecule has 1 aromatic carbocycles. The van der Waals surface area contributed by atoms with Crippen molar-refractivity contribution in [3.63, 3.8) is 0 Å². The molecule has 1 aliphatic heterocycles. The number of nitrogens with one attached hydrogen (secondary N) is 2. The van der Waals surface area contributed by atoms with Crippen molar-refractivity contribution in [2.45, 2.75) is 0 Å². The third-order valence-electron chi connectivity index (χ3n) is 3.15. The second kappa shape index (κ2) is 4.48. The van der Waals surface area contributed by atoms with Crippen LogP contribution in [0.5, 0.6) is 11.5 Å². The average Bonchev–Trinajstić information content (AvgIpc) is 2.95. The number of aromatic amines is 1. The molecule has 0 radical (unpaired) electrons. The van der Waals surface area contributed by atoms with E-state index in [2.05, 4.69) is 20.3 Å². The van der Waals surface area contributed by atoms with E-state index in [1.54, 1.807) is 12.3 Å². The largest absolute Gasteiger partial charge is 0.454 e. The number of nitrogens with zero attached hydrogens (tertiary/aromatic N) is 2. The first-order valence-electron chi connectivity index (χ1n) is 6.31. The fourth-order valence-electron chi connectivity index (χ4n) is 2.13. The van der Waals surface area contributed by atoms with Gasteiger partial charge in [-0.05, 0) is 18.2 Å². The second-order valence-electron chi connectivity index (χ2n) is 4.49. The van der Waals surface area contributed by atoms with Crippen molar-refractivity contribution in [2.75, 3.05) is 12.1 Å². The average molecular weight is 282 g/mol. The van der Waals surface area contributed by atoms with Crippen LogP contribution in [0.25, 0.3) is 10.9 Å². The molecule has 3 heterocycles. The van der Waals surface area contributed by atoms with E-state index < -0.39 is 0 Å². The highest BCUT2D eigenvalue weighted by Crippen LogP contribution is 2.34. The van der Waals surface area contributed by atoms with E-state index >= 15 is 0 Å². The fraction of sp³-hybridized carbons (Fsp3) is 0.0714. The number of hydrogen-bond acceptors (Lipinski definition) is 6. The molecule has 2 N–H and O–H groups in total. The Balaban J connectivity index is 1.69. The molecule has 1 aliphatic rings. The zero-order valence-corrected chi connectivity index (χ0v) is 10.8. The van der Waals surface area contributed by atoms with E-state index in [9.17, 15) is 4.79 Å². The highest BCUT2D eigenvalue weighted by Gasteiger charge is 2.13. The quantitative estimate of drug-likeness (QED) is 0.745. The molecule has 3 aromatic rings. The minimum atomic E-state index is -0.206. The van der Waals surface area contributed by atoms with Crippen molar-refractivity contribution in [3.05, 3.63) is 47.0 Å². The Morgan fingerprint density at radius 3 is 3.05 bits per heavy atom. The molecular formula is C14H10N4O3. The Labute approximate surface area is 118 Å². The van der Waals surface area contributed by atoms with Crippen molar-refractivity contribution in [1.29, 1.82) is 0 Å². The van der Waals surface area contributed by atoms with E-state index in [-0.39, 0.29) is 12.4 Å². The smallest absolute Gasteiger partial charge is 0.258 e. The van der Waals surface area contributed by atoms with Gasteiger partial charge in [0.05, 0.1) is 10.9 Å². The predicted octanol–water partition coefficient (Wildman–Crippen LogP) is 1.79. The van der Waals surface area contributed by atoms with Crippen molar-refractivity contribution in [2.24, 2.45) is 0 Å². The van der Waals surface area contributed by atoms with Crippen LogP contribution in [0.1, 0.15) is 0 Å². The topological polar surface area (TPSA) is 89.1 Å². The SMILES string of the molecule is O=c1[nH]ccc2nc(Nc3ccc4c(c3)OCO4)ncc12. The molecule has 21 heavy (non-hydrogen) atoms. The van der Waals surface area contributed by atoms with Crippen molar-refractivity contribution in [1.82, 2.24) is 15.0 Å². The van der Waals surface area contributed by atoms with Gasteiger partial charge in [-0.25, -0.2) is 9.97 Å². The van der Waals surface area contributed by atoms with E-state index in [4.69, 9.17) is 9.47 Å². The van der Waals surface area contributed by atoms with Crippen LogP contribution in [-0.2, 0) is 0 Å². The van der Waals surface area contributed by atoms with Gasteiger partial charge in [0.25, 0.3) is 5.56 Å². The summed E-state index contributed by atoms with van der Waals surface area (Å²) in [6.45, 7) is 0.230. The van der Waals surface area contributed by atoms with Crippen molar-refractivity contribution in [3.8, 4) is 11.5 Å². The fourth-order valence-corrected chi connectivity index (χ4v) is 2.13. The molecular weight excluding hydrogens is 272 g/mol. The van der Waals surface area contributed by atoms with Gasteiger partial charge in [-0.2, -0.15) is 0 Å². The second-order valence-corrected chi connectivity index (χ2v) is 4.49. The number of anilines is 2. The van der Waals surface area contributed by atoms with Gasteiger partial charge in [-0.15, -0.1) is 0 Å². The molecule has 7 nitrogen and oxygen atoms in total. The van der Waals surface area contributed by atoms with Gasteiger partial charge in [-0.1, -0.05) is 0 Å². The minimum absolute atomic E-state index is 0.206. The van der Waals surface area contributed by atoms with E-state index in [0.717, 1.165) is 5.69 Å². The summed E-state index contributed by atoms with van der Waals surface area (Å²) in [6.07, 6.45) is 3.05. The molecule has 2 aromatic heterocycles. The van der Waals surface area contributed by atoms with E-state index in [1.807, 2.05) is 18.2 Å². The van der Waals surface area contributed by atoms with Crippen LogP contribution >= 0.6 is 0 Å². The maximum absolute atomic E-state index is 11.6. The first-order chi connectivity index (χ1) is 10.3. The first-order valence-corrected chi connectivity index (χ1v) is 6.31. The number of aromatic nitrogens is 3. The third-order valence-corrected chi connectivity index (χ3v) is 3.15. The number of benzene rings is 1. The number of rotatable bonds is 2. The number of ether oxygens (including phenoxy) is 2. The zero-order chi connectivity index (χ0) is 14.2. The van der Waals surface area contributed by atoms with Crippen LogP contribution in [0.2, 0.25) is 0 Å². The zero-order valence-electron chi connectivity index (χ0n) is 10.8. The molecule has 0 saturated heterocycles. The lowest BCUT2D eigenvalue weighted by Gasteiger charge is -2.06. The van der Waals surface area contributed by atoms with Gasteiger partial charge in [0.15, 0.2) is 11.5 Å². The van der Waals surface area contributed by atoms with Gasteiger partial charge in [0.1, 0.15) is 0 Å². The summed E-state index contributed by atoms with van der Waals surface area (Å²) in [6, 6.07) is 7.20. The van der Waals surface area contributed by atoms with E-state index in [0.29, 0.717) is 28.4 Å². The first kappa shape index (κ1) is 11.7. The van der Waals surface area contributed by atoms with Crippen molar-refractivity contribution < 1.29 is 9.47 Å². The summed E-state index contributed by atoms with van der Waals surface area (Å²) in [4.78, 5) is 22.6. The maximum atomic E-state index is 11.6. The van der Waals surface area contributed by atoms with E-state index in [1.165, 1.54) is 6.20 Å². The van der Waals surface area contributed by atoms with Crippen molar-refractivity contribution >= 4 is 22.5 Å². The summed E-state index contributed by atoms with van der Waals surface area (Å²) < 4.78 is 10.6. The normalized spacial score (nSPS) is 12.6. The third kappa shape index (κ3) is 2.04. The van der Waals surface area contributed by atoms with Crippen LogP contribution < -0.4 is 20.3 Å². The lowest BCUT2D eigenvalue weighted by atomic mass is 10.3. The van der Waals surface area contributed by atoms with Crippen LogP contribution in [0.15, 0.2) is 41.5 Å². The summed E-state index contributed by atoms with van der Waals surface area (Å²) in [5, 5.41) is 3.53. The van der Waals surface area contributed by atoms with Crippen LogP contribution in [0, 0.1) is 0 Å². The van der Waals surface area contributed by atoms with Gasteiger partial charge in [0.2, 0.25) is 12.7 Å². The lowest BCUT2D eigenvalue weighted by Crippen LogP contribution is -2.07. The highest BCUT2D eigenvalue weighted by molar-refractivity contribution is 5.77. The summed E-state index contributed by atoms with van der Waals surface area (Å²) in [5.41, 5.74) is 1.16. The molecule has 104 valence electrons. The molecule has 0 fully saturated rings. The number of pyridine rings is 1. The highest BCUT2D eigenvalue weighted by atomic mass is 16.7. The maximum Gasteiger partial charge on any atom is 0.258 e. The van der Waals surface area contributed by atoms with Crippen LogP contribution in [0.3, 0.4) is 0 Å². The molecule has 4 rings (SSSR count). The summed E-state index contributed by atoms with van der Waals surface area (Å²) in [7, 11) is 0.